The summed E-state index contributed by atoms with van der Waals surface area (Å²) in [6.07, 6.45) is 0.736. The van der Waals surface area contributed by atoms with E-state index in [1.807, 2.05) is 30.3 Å². The van der Waals surface area contributed by atoms with Gasteiger partial charge in [0.05, 0.1) is 5.71 Å². The van der Waals surface area contributed by atoms with E-state index >= 15 is 0 Å². The standard InChI is InChI=1S/C13H16Br2N2O3/c14-12(15)11(7-6-10(16)13(18)19)17-20-8-9-4-2-1-3-5-9/h1-5,10,12H,6-8,16H2,(H,18,19). The van der Waals surface area contributed by atoms with E-state index in [1.165, 1.54) is 0 Å². The summed E-state index contributed by atoms with van der Waals surface area (Å²) in [5, 5.41) is 12.8. The lowest BCUT2D eigenvalue weighted by molar-refractivity contribution is -0.138. The first-order chi connectivity index (χ1) is 9.50. The molecule has 0 spiro atoms. The molecule has 1 aromatic rings. The molecule has 0 aromatic heterocycles. The molecule has 110 valence electrons. The molecule has 0 aliphatic heterocycles. The second kappa shape index (κ2) is 9.10. The Morgan fingerprint density at radius 3 is 2.55 bits per heavy atom. The fourth-order valence-corrected chi connectivity index (χ4v) is 2.01. The number of benzene rings is 1. The number of oxime groups is 1. The number of carboxylic acids is 1. The second-order valence-corrected chi connectivity index (χ2v) is 7.19. The highest BCUT2D eigenvalue weighted by Crippen LogP contribution is 2.16. The number of rotatable bonds is 8. The van der Waals surface area contributed by atoms with E-state index in [2.05, 4.69) is 37.0 Å². The fraction of sp³-hybridized carbons (Fsp3) is 0.385. The second-order valence-electron chi connectivity index (χ2n) is 4.13. The average molecular weight is 408 g/mol. The molecule has 1 aromatic carbocycles. The third-order valence-corrected chi connectivity index (χ3v) is 3.59. The van der Waals surface area contributed by atoms with Crippen molar-refractivity contribution >= 4 is 43.5 Å². The van der Waals surface area contributed by atoms with Gasteiger partial charge < -0.3 is 15.7 Å². The van der Waals surface area contributed by atoms with Gasteiger partial charge in [-0.3, -0.25) is 4.79 Å². The van der Waals surface area contributed by atoms with Gasteiger partial charge in [0.25, 0.3) is 0 Å². The highest BCUT2D eigenvalue weighted by atomic mass is 79.9. The van der Waals surface area contributed by atoms with Gasteiger partial charge >= 0.3 is 5.97 Å². The van der Waals surface area contributed by atoms with E-state index < -0.39 is 12.0 Å². The van der Waals surface area contributed by atoms with E-state index in [9.17, 15) is 4.79 Å². The van der Waals surface area contributed by atoms with Gasteiger partial charge in [-0.1, -0.05) is 67.3 Å². The van der Waals surface area contributed by atoms with Crippen molar-refractivity contribution in [2.75, 3.05) is 0 Å². The minimum atomic E-state index is -1.02. The maximum absolute atomic E-state index is 10.7. The van der Waals surface area contributed by atoms with Crippen LogP contribution >= 0.6 is 31.9 Å². The van der Waals surface area contributed by atoms with Crippen molar-refractivity contribution < 1.29 is 14.7 Å². The molecule has 0 heterocycles. The number of alkyl halides is 2. The molecule has 0 saturated heterocycles. The van der Waals surface area contributed by atoms with Gasteiger partial charge in [-0.15, -0.1) is 0 Å². The molecule has 0 amide bonds. The van der Waals surface area contributed by atoms with Gasteiger partial charge in [-0.2, -0.15) is 0 Å². The third kappa shape index (κ3) is 6.49. The van der Waals surface area contributed by atoms with Crippen LogP contribution in [0.1, 0.15) is 18.4 Å². The third-order valence-electron chi connectivity index (χ3n) is 2.54. The maximum atomic E-state index is 10.7. The summed E-state index contributed by atoms with van der Waals surface area (Å²) in [4.78, 5) is 15.9. The Kier molecular flexibility index (Phi) is 7.79. The van der Waals surface area contributed by atoms with E-state index in [0.29, 0.717) is 25.2 Å². The van der Waals surface area contributed by atoms with Gasteiger partial charge in [0.15, 0.2) is 0 Å². The predicted octanol–water partition coefficient (Wildman–Crippen LogP) is 2.87. The minimum absolute atomic E-state index is 0.174. The number of nitrogens with two attached hydrogens (primary N) is 1. The van der Waals surface area contributed by atoms with E-state index in [4.69, 9.17) is 15.7 Å². The molecule has 1 unspecified atom stereocenters. The molecule has 0 radical (unpaired) electrons. The maximum Gasteiger partial charge on any atom is 0.320 e. The van der Waals surface area contributed by atoms with Gasteiger partial charge in [-0.05, 0) is 18.4 Å². The van der Waals surface area contributed by atoms with Gasteiger partial charge in [-0.25, -0.2) is 0 Å². The lowest BCUT2D eigenvalue weighted by Crippen LogP contribution is -2.31. The number of carboxylic acid groups (broad SMARTS) is 1. The van der Waals surface area contributed by atoms with Crippen LogP contribution in [-0.4, -0.2) is 26.6 Å². The van der Waals surface area contributed by atoms with Crippen LogP contribution in [0.4, 0.5) is 0 Å². The molecule has 0 aliphatic carbocycles. The Morgan fingerprint density at radius 2 is 2.00 bits per heavy atom. The van der Waals surface area contributed by atoms with Crippen molar-refractivity contribution in [2.24, 2.45) is 10.9 Å². The summed E-state index contributed by atoms with van der Waals surface area (Å²) >= 11 is 6.66. The summed E-state index contributed by atoms with van der Waals surface area (Å²) in [6.45, 7) is 0.363. The van der Waals surface area contributed by atoms with Crippen LogP contribution in [0.15, 0.2) is 35.5 Å². The zero-order chi connectivity index (χ0) is 15.0. The Bertz CT molecular complexity index is 452. The van der Waals surface area contributed by atoms with Crippen LogP contribution in [0.5, 0.6) is 0 Å². The smallest absolute Gasteiger partial charge is 0.320 e. The summed E-state index contributed by atoms with van der Waals surface area (Å²) < 4.78 is -0.174. The average Bonchev–Trinajstić information content (AvgIpc) is 2.42. The molecule has 0 bridgehead atoms. The van der Waals surface area contributed by atoms with Crippen molar-refractivity contribution in [3.05, 3.63) is 35.9 Å². The molecule has 1 rings (SSSR count). The molecule has 5 nitrogen and oxygen atoms in total. The zero-order valence-corrected chi connectivity index (χ0v) is 13.9. The molecule has 1 atom stereocenters. The molecule has 0 aliphatic rings. The van der Waals surface area contributed by atoms with Crippen molar-refractivity contribution in [1.29, 1.82) is 0 Å². The van der Waals surface area contributed by atoms with Crippen LogP contribution in [0, 0.1) is 0 Å². The van der Waals surface area contributed by atoms with Gasteiger partial charge in [0.2, 0.25) is 0 Å². The Hall–Kier alpha value is -0.920. The Morgan fingerprint density at radius 1 is 1.35 bits per heavy atom. The largest absolute Gasteiger partial charge is 0.480 e. The van der Waals surface area contributed by atoms with Crippen LogP contribution in [0.25, 0.3) is 0 Å². The molecule has 7 heteroatoms. The summed E-state index contributed by atoms with van der Waals surface area (Å²) in [7, 11) is 0. The molecule has 20 heavy (non-hydrogen) atoms. The van der Waals surface area contributed by atoms with Crippen molar-refractivity contribution in [3.8, 4) is 0 Å². The highest BCUT2D eigenvalue weighted by Gasteiger charge is 2.16. The van der Waals surface area contributed by atoms with Crippen LogP contribution in [0.3, 0.4) is 0 Å². The molecule has 0 fully saturated rings. The number of halogens is 2. The minimum Gasteiger partial charge on any atom is -0.480 e. The first kappa shape index (κ1) is 17.1. The van der Waals surface area contributed by atoms with Crippen molar-refractivity contribution in [2.45, 2.75) is 29.2 Å². The summed E-state index contributed by atoms with van der Waals surface area (Å²) in [6, 6.07) is 8.76. The van der Waals surface area contributed by atoms with Crippen molar-refractivity contribution in [3.63, 3.8) is 0 Å². The van der Waals surface area contributed by atoms with E-state index in [-0.39, 0.29) is 3.74 Å². The van der Waals surface area contributed by atoms with Crippen molar-refractivity contribution in [1.82, 2.24) is 0 Å². The van der Waals surface area contributed by atoms with Crippen LogP contribution in [-0.2, 0) is 16.2 Å². The predicted molar refractivity (Wildman–Crippen MR) is 85.2 cm³/mol. The molecular formula is C13H16Br2N2O3. The quantitative estimate of drug-likeness (QED) is 0.394. The van der Waals surface area contributed by atoms with Gasteiger partial charge in [0, 0.05) is 0 Å². The first-order valence-corrected chi connectivity index (χ1v) is 7.83. The topological polar surface area (TPSA) is 84.9 Å². The summed E-state index contributed by atoms with van der Waals surface area (Å²) in [5.41, 5.74) is 7.14. The fourth-order valence-electron chi connectivity index (χ4n) is 1.39. The first-order valence-electron chi connectivity index (χ1n) is 6.00. The SMILES string of the molecule is NC(CCC(=NOCc1ccccc1)C(Br)Br)C(=O)O. The van der Waals surface area contributed by atoms with E-state index in [1.54, 1.807) is 0 Å². The monoisotopic (exact) mass is 406 g/mol. The Balaban J connectivity index is 2.49. The number of hydrogen-bond donors (Lipinski definition) is 2. The normalized spacial score (nSPS) is 13.3. The highest BCUT2D eigenvalue weighted by molar-refractivity contribution is 9.25. The van der Waals surface area contributed by atoms with Crippen LogP contribution in [0.2, 0.25) is 0 Å². The lowest BCUT2D eigenvalue weighted by Gasteiger charge is -2.10. The number of nitrogens with zero attached hydrogens (tertiary/aromatic N) is 1. The van der Waals surface area contributed by atoms with Crippen LogP contribution < -0.4 is 5.73 Å². The molecule has 0 saturated carbocycles. The Labute approximate surface area is 134 Å². The zero-order valence-electron chi connectivity index (χ0n) is 10.7. The number of carbonyl (C=O) groups is 1. The lowest BCUT2D eigenvalue weighted by atomic mass is 10.1. The molecular weight excluding hydrogens is 392 g/mol. The van der Waals surface area contributed by atoms with Gasteiger partial charge in [0.1, 0.15) is 16.4 Å². The number of hydrogen-bond acceptors (Lipinski definition) is 4. The molecule has 3 N–H and O–H groups in total. The number of aliphatic carboxylic acids is 1. The van der Waals surface area contributed by atoms with E-state index in [0.717, 1.165) is 5.56 Å². The summed E-state index contributed by atoms with van der Waals surface area (Å²) in [5.74, 6) is -1.02.